The van der Waals surface area contributed by atoms with Gasteiger partial charge in [0.25, 0.3) is 0 Å². The molecule has 0 rings (SSSR count). The van der Waals surface area contributed by atoms with Crippen molar-refractivity contribution in [3.05, 3.63) is 0 Å². The van der Waals surface area contributed by atoms with Crippen LogP contribution in [0.4, 0.5) is 4.79 Å². The van der Waals surface area contributed by atoms with Crippen molar-refractivity contribution < 1.29 is 60.7 Å². The van der Waals surface area contributed by atoms with Gasteiger partial charge in [-0.15, -0.1) is 10.2 Å². The van der Waals surface area contributed by atoms with Gasteiger partial charge in [0.1, 0.15) is 0 Å². The molecule has 0 aromatic rings. The molecule has 0 aromatic carbocycles. The van der Waals surface area contributed by atoms with Gasteiger partial charge in [0, 0.05) is 0 Å². The Balaban J connectivity index is -0.0000000910. The summed E-state index contributed by atoms with van der Waals surface area (Å²) in [6, 6.07) is 0. The molecule has 10 heavy (non-hydrogen) atoms. The molecule has 0 unspecified atom stereocenters. The van der Waals surface area contributed by atoms with Crippen molar-refractivity contribution in [1.82, 2.24) is 0 Å². The molecule has 0 aliphatic carbocycles. The van der Waals surface area contributed by atoms with E-state index >= 15 is 0 Å². The summed E-state index contributed by atoms with van der Waals surface area (Å²) in [5.74, 6) is 0. The van der Waals surface area contributed by atoms with Crippen molar-refractivity contribution >= 4 is 6.16 Å². The van der Waals surface area contributed by atoms with E-state index in [2.05, 4.69) is 0 Å². The molecule has 0 saturated heterocycles. The average Bonchev–Trinajstić information content (AvgIpc) is 1.19. The third-order valence-corrected chi connectivity index (χ3v) is 0. The fourth-order valence-corrected chi connectivity index (χ4v) is 0. The van der Waals surface area contributed by atoms with Gasteiger partial charge < -0.3 is 15.0 Å². The van der Waals surface area contributed by atoms with Crippen LogP contribution in [-0.2, 0) is 16.8 Å². The minimum Gasteiger partial charge on any atom is -0.652 e. The predicted molar refractivity (Wildman–Crippen MR) is 5.40 cm³/mol. The van der Waals surface area contributed by atoms with Crippen molar-refractivity contribution in [2.45, 2.75) is 0 Å². The summed E-state index contributed by atoms with van der Waals surface area (Å²) in [6.07, 6.45) is -2.33. The van der Waals surface area contributed by atoms with E-state index < -0.39 is 16.4 Å². The van der Waals surface area contributed by atoms with E-state index in [0.717, 1.165) is 0 Å². The second-order valence-corrected chi connectivity index (χ2v) is 1.38. The molecule has 62 valence electrons. The Bertz CT molecular complexity index is 76.1. The number of carbonyl (C=O) groups is 1. The van der Waals surface area contributed by atoms with E-state index in [4.69, 9.17) is 33.6 Å². The van der Waals surface area contributed by atoms with Crippen molar-refractivity contribution in [2.24, 2.45) is 0 Å². The van der Waals surface area contributed by atoms with Gasteiger partial charge in [-0.3, -0.25) is 0 Å². The number of halogens is 1. The summed E-state index contributed by atoms with van der Waals surface area (Å²) in [5, 5.41) is 16.7. The minimum atomic E-state index is -4.94. The summed E-state index contributed by atoms with van der Waals surface area (Å²) in [5.41, 5.74) is 0. The van der Waals surface area contributed by atoms with Crippen LogP contribution in [-0.4, -0.2) is 6.16 Å². The Kier molecular flexibility index (Phi) is 11.6. The maximum Gasteiger partial charge on any atom is 3.00 e. The van der Waals surface area contributed by atoms with Crippen molar-refractivity contribution in [1.29, 1.82) is 0 Å². The molecule has 0 bridgehead atoms. The van der Waals surface area contributed by atoms with E-state index in [1.165, 1.54) is 0 Å². The summed E-state index contributed by atoms with van der Waals surface area (Å²) >= 11 is 0. The van der Waals surface area contributed by atoms with Crippen LogP contribution in [0.25, 0.3) is 0 Å². The van der Waals surface area contributed by atoms with Gasteiger partial charge in [0.05, 0.1) is 0 Å². The third-order valence-electron chi connectivity index (χ3n) is 0. The fourth-order valence-electron chi connectivity index (χ4n) is 0. The van der Waals surface area contributed by atoms with Gasteiger partial charge in [-0.05, 0) is 6.16 Å². The molecule has 0 heterocycles. The zero-order valence-corrected chi connectivity index (χ0v) is 5.87. The number of carboxylic acid groups (broad SMARTS) is 2. The summed E-state index contributed by atoms with van der Waals surface area (Å²) in [6.45, 7) is 0. The second-order valence-electron chi connectivity index (χ2n) is 0.628. The van der Waals surface area contributed by atoms with Gasteiger partial charge in [0.15, 0.2) is 0 Å². The van der Waals surface area contributed by atoms with E-state index in [0.29, 0.717) is 0 Å². The molecule has 9 heteroatoms. The van der Waals surface area contributed by atoms with Gasteiger partial charge in [-0.25, -0.2) is 18.6 Å². The largest absolute Gasteiger partial charge is 3.00 e. The Morgan fingerprint density at radius 1 is 1.00 bits per heavy atom. The maximum absolute atomic E-state index is 8.49. The van der Waals surface area contributed by atoms with Crippen molar-refractivity contribution in [3.63, 3.8) is 0 Å². The van der Waals surface area contributed by atoms with E-state index in [1.807, 2.05) is 0 Å². The molecule has 7 nitrogen and oxygen atoms in total. The van der Waals surface area contributed by atoms with E-state index in [1.54, 1.807) is 0 Å². The number of rotatable bonds is 0. The zero-order valence-electron chi connectivity index (χ0n) is 4.07. The molecule has 0 N–H and O–H groups in total. The molecule has 0 aromatic heterocycles. The second kappa shape index (κ2) is 7.02. The number of hydrogen-bond donors (Lipinski definition) is 0. The van der Waals surface area contributed by atoms with Gasteiger partial charge >= 0.3 is 16.8 Å². The molecule has 0 radical (unpaired) electrons. The number of hydrogen-bond acceptors (Lipinski definition) is 7. The normalized spacial score (nSPS) is 8.40. The van der Waals surface area contributed by atoms with Crippen LogP contribution in [0.15, 0.2) is 0 Å². The molecular weight excluding hydrogens is 218 g/mol. The molecule has 0 aliphatic heterocycles. The molecular formula is CClCoO7. The first kappa shape index (κ1) is 16.5. The van der Waals surface area contributed by atoms with E-state index in [9.17, 15) is 0 Å². The van der Waals surface area contributed by atoms with Gasteiger partial charge in [0.2, 0.25) is 0 Å². The van der Waals surface area contributed by atoms with Crippen LogP contribution in [0.3, 0.4) is 0 Å². The topological polar surface area (TPSA) is 155 Å². The van der Waals surface area contributed by atoms with Crippen molar-refractivity contribution in [3.8, 4) is 0 Å². The van der Waals surface area contributed by atoms with E-state index in [-0.39, 0.29) is 16.8 Å². The zero-order chi connectivity index (χ0) is 8.08. The fraction of sp³-hybridized carbons (Fsp3) is 0. The predicted octanol–water partition coefficient (Wildman–Crippen LogP) is -7.21. The summed E-state index contributed by atoms with van der Waals surface area (Å²) in [4.78, 5) is 8.33. The maximum atomic E-state index is 8.49. The number of carbonyl (C=O) groups excluding carboxylic acids is 1. The monoisotopic (exact) mass is 218 g/mol. The molecule has 0 aliphatic rings. The first-order chi connectivity index (χ1) is 3.73. The van der Waals surface area contributed by atoms with Crippen LogP contribution in [0.2, 0.25) is 0 Å². The Labute approximate surface area is 67.5 Å². The van der Waals surface area contributed by atoms with Crippen LogP contribution in [0, 0.1) is 10.2 Å². The van der Waals surface area contributed by atoms with Crippen LogP contribution in [0.1, 0.15) is 0 Å². The Morgan fingerprint density at radius 2 is 1.00 bits per heavy atom. The molecule has 0 spiro atoms. The Hall–Kier alpha value is -0.0935. The summed E-state index contributed by atoms with van der Waals surface area (Å²) in [7, 11) is -4.94. The molecule has 0 fully saturated rings. The summed E-state index contributed by atoms with van der Waals surface area (Å²) < 4.78 is 34.0. The first-order valence-electron chi connectivity index (χ1n) is 1.23. The SMILES string of the molecule is O=C([O-])[O-].[Co+3].[O-][Cl+3]([O-])([O-])[O-]. The van der Waals surface area contributed by atoms with Crippen LogP contribution >= 0.6 is 0 Å². The minimum absolute atomic E-state index is 0. The smallest absolute Gasteiger partial charge is 0.652 e. The molecule has 0 saturated carbocycles. The Morgan fingerprint density at radius 3 is 1.00 bits per heavy atom. The molecule has 0 amide bonds. The molecule has 0 atom stereocenters. The average molecular weight is 218 g/mol. The third kappa shape index (κ3) is 43100. The quantitative estimate of drug-likeness (QED) is 0.391. The standard InChI is InChI=1S/CH2O3.ClHO4.Co/c2-1(3)4;2-1(3,4)5;/h(H2,2,3,4);(H,2,3,4,5);/q;;+3/p-3. The van der Waals surface area contributed by atoms with Crippen LogP contribution < -0.4 is 28.8 Å². The van der Waals surface area contributed by atoms with Crippen LogP contribution in [0.5, 0.6) is 0 Å². The van der Waals surface area contributed by atoms with Gasteiger partial charge in [-0.1, -0.05) is 0 Å². The van der Waals surface area contributed by atoms with Gasteiger partial charge in [-0.2, -0.15) is 0 Å². The first-order valence-corrected chi connectivity index (χ1v) is 2.46. The van der Waals surface area contributed by atoms with Crippen molar-refractivity contribution in [2.75, 3.05) is 0 Å².